The van der Waals surface area contributed by atoms with Crippen molar-refractivity contribution in [3.05, 3.63) is 64.2 Å². The molecule has 1 heterocycles. The largest absolute Gasteiger partial charge is 0.392 e. The predicted molar refractivity (Wildman–Crippen MR) is 83.4 cm³/mol. The van der Waals surface area contributed by atoms with E-state index in [0.717, 1.165) is 42.2 Å². The van der Waals surface area contributed by atoms with Gasteiger partial charge in [0.15, 0.2) is 0 Å². The molecule has 1 N–H and O–H groups in total. The molecule has 2 aromatic carbocycles. The zero-order chi connectivity index (χ0) is 13.9. The quantitative estimate of drug-likeness (QED) is 0.915. The lowest BCUT2D eigenvalue weighted by Crippen LogP contribution is -2.26. The maximum absolute atomic E-state index is 9.15. The first-order chi connectivity index (χ1) is 9.78. The fourth-order valence-electron chi connectivity index (χ4n) is 2.81. The van der Waals surface area contributed by atoms with Gasteiger partial charge in [0.2, 0.25) is 0 Å². The Bertz CT molecular complexity index is 585. The van der Waals surface area contributed by atoms with E-state index in [9.17, 15) is 0 Å². The van der Waals surface area contributed by atoms with E-state index in [0.29, 0.717) is 0 Å². The zero-order valence-corrected chi connectivity index (χ0v) is 12.1. The maximum Gasteiger partial charge on any atom is 0.0682 e. The molecule has 1 aliphatic heterocycles. The van der Waals surface area contributed by atoms with E-state index in [4.69, 9.17) is 16.7 Å². The fourth-order valence-corrected chi connectivity index (χ4v) is 3.14. The average molecular weight is 288 g/mol. The van der Waals surface area contributed by atoms with Crippen molar-refractivity contribution < 1.29 is 5.11 Å². The molecule has 0 aromatic heterocycles. The summed E-state index contributed by atoms with van der Waals surface area (Å²) in [5, 5.41) is 9.88. The normalized spacial score (nSPS) is 14.8. The second-order valence-electron chi connectivity index (χ2n) is 5.20. The van der Waals surface area contributed by atoms with Crippen molar-refractivity contribution in [3.63, 3.8) is 0 Å². The van der Waals surface area contributed by atoms with Crippen LogP contribution in [0, 0.1) is 0 Å². The SMILES string of the molecule is OCc1ccc(N2CCc3ccccc3CC2)c(Cl)c1. The number of halogens is 1. The summed E-state index contributed by atoms with van der Waals surface area (Å²) in [6.07, 6.45) is 2.10. The van der Waals surface area contributed by atoms with Gasteiger partial charge in [-0.3, -0.25) is 0 Å². The number of hydrogen-bond acceptors (Lipinski definition) is 2. The molecular weight excluding hydrogens is 270 g/mol. The van der Waals surface area contributed by atoms with Gasteiger partial charge >= 0.3 is 0 Å². The van der Waals surface area contributed by atoms with Crippen LogP contribution >= 0.6 is 11.6 Å². The van der Waals surface area contributed by atoms with Crippen LogP contribution in [0.4, 0.5) is 5.69 Å². The molecule has 104 valence electrons. The van der Waals surface area contributed by atoms with E-state index in [1.165, 1.54) is 11.1 Å². The average Bonchev–Trinajstić information content (AvgIpc) is 2.70. The Balaban J connectivity index is 1.83. The zero-order valence-electron chi connectivity index (χ0n) is 11.3. The second-order valence-corrected chi connectivity index (χ2v) is 5.61. The maximum atomic E-state index is 9.15. The number of fused-ring (bicyclic) bond motifs is 1. The lowest BCUT2D eigenvalue weighted by Gasteiger charge is -2.24. The van der Waals surface area contributed by atoms with Gasteiger partial charge < -0.3 is 10.0 Å². The van der Waals surface area contributed by atoms with Crippen molar-refractivity contribution in [2.75, 3.05) is 18.0 Å². The number of anilines is 1. The summed E-state index contributed by atoms with van der Waals surface area (Å²) in [4.78, 5) is 2.34. The molecule has 3 heteroatoms. The Morgan fingerprint density at radius 3 is 2.20 bits per heavy atom. The van der Waals surface area contributed by atoms with Crippen LogP contribution in [-0.2, 0) is 19.4 Å². The summed E-state index contributed by atoms with van der Waals surface area (Å²) >= 11 is 6.35. The Kier molecular flexibility index (Phi) is 3.95. The van der Waals surface area contributed by atoms with E-state index in [1.807, 2.05) is 18.2 Å². The van der Waals surface area contributed by atoms with E-state index in [-0.39, 0.29) is 6.61 Å². The molecule has 2 nitrogen and oxygen atoms in total. The van der Waals surface area contributed by atoms with Crippen LogP contribution in [0.5, 0.6) is 0 Å². The van der Waals surface area contributed by atoms with Gasteiger partial charge in [0, 0.05) is 13.1 Å². The smallest absolute Gasteiger partial charge is 0.0682 e. The molecule has 0 spiro atoms. The first-order valence-electron chi connectivity index (χ1n) is 6.99. The van der Waals surface area contributed by atoms with Crippen molar-refractivity contribution in [1.29, 1.82) is 0 Å². The number of aliphatic hydroxyl groups excluding tert-OH is 1. The van der Waals surface area contributed by atoms with Crippen LogP contribution < -0.4 is 4.90 Å². The van der Waals surface area contributed by atoms with Crippen molar-refractivity contribution in [2.45, 2.75) is 19.4 Å². The van der Waals surface area contributed by atoms with E-state index in [1.54, 1.807) is 0 Å². The number of benzene rings is 2. The third-order valence-corrected chi connectivity index (χ3v) is 4.26. The van der Waals surface area contributed by atoms with Gasteiger partial charge in [-0.25, -0.2) is 0 Å². The second kappa shape index (κ2) is 5.86. The van der Waals surface area contributed by atoms with Gasteiger partial charge in [-0.1, -0.05) is 41.9 Å². The highest BCUT2D eigenvalue weighted by Crippen LogP contribution is 2.29. The topological polar surface area (TPSA) is 23.5 Å². The number of rotatable bonds is 2. The van der Waals surface area contributed by atoms with Gasteiger partial charge in [0.1, 0.15) is 0 Å². The molecule has 1 aliphatic rings. The van der Waals surface area contributed by atoms with Crippen LogP contribution in [0.1, 0.15) is 16.7 Å². The Labute approximate surface area is 124 Å². The van der Waals surface area contributed by atoms with Crippen molar-refractivity contribution in [2.24, 2.45) is 0 Å². The first kappa shape index (κ1) is 13.5. The summed E-state index contributed by atoms with van der Waals surface area (Å²) in [7, 11) is 0. The molecule has 3 rings (SSSR count). The Morgan fingerprint density at radius 2 is 1.65 bits per heavy atom. The highest BCUT2D eigenvalue weighted by molar-refractivity contribution is 6.33. The van der Waals surface area contributed by atoms with E-state index >= 15 is 0 Å². The van der Waals surface area contributed by atoms with Gasteiger partial charge in [-0.2, -0.15) is 0 Å². The van der Waals surface area contributed by atoms with Crippen LogP contribution in [0.25, 0.3) is 0 Å². The Hall–Kier alpha value is -1.51. The van der Waals surface area contributed by atoms with Crippen LogP contribution in [0.15, 0.2) is 42.5 Å². The van der Waals surface area contributed by atoms with Crippen molar-refractivity contribution in [3.8, 4) is 0 Å². The molecule has 0 aliphatic carbocycles. The highest BCUT2D eigenvalue weighted by Gasteiger charge is 2.16. The predicted octanol–water partition coefficient (Wildman–Crippen LogP) is 3.44. The number of hydrogen-bond donors (Lipinski definition) is 1. The molecule has 0 atom stereocenters. The molecule has 0 unspecified atom stereocenters. The van der Waals surface area contributed by atoms with Gasteiger partial charge in [-0.05, 0) is 41.7 Å². The first-order valence-corrected chi connectivity index (χ1v) is 7.37. The highest BCUT2D eigenvalue weighted by atomic mass is 35.5. The molecule has 0 radical (unpaired) electrons. The van der Waals surface area contributed by atoms with E-state index < -0.39 is 0 Å². The third kappa shape index (κ3) is 2.67. The minimum absolute atomic E-state index is 0.0332. The van der Waals surface area contributed by atoms with Crippen LogP contribution in [0.3, 0.4) is 0 Å². The third-order valence-electron chi connectivity index (χ3n) is 3.96. The van der Waals surface area contributed by atoms with Gasteiger partial charge in [-0.15, -0.1) is 0 Å². The molecule has 2 aromatic rings. The minimum Gasteiger partial charge on any atom is -0.392 e. The molecule has 0 fully saturated rings. The van der Waals surface area contributed by atoms with Crippen LogP contribution in [-0.4, -0.2) is 18.2 Å². The molecular formula is C17H18ClNO. The number of aliphatic hydroxyl groups is 1. The van der Waals surface area contributed by atoms with Crippen molar-refractivity contribution >= 4 is 17.3 Å². The summed E-state index contributed by atoms with van der Waals surface area (Å²) in [5.41, 5.74) is 4.81. The molecule has 20 heavy (non-hydrogen) atoms. The van der Waals surface area contributed by atoms with Gasteiger partial charge in [0.25, 0.3) is 0 Å². The van der Waals surface area contributed by atoms with Crippen LogP contribution in [0.2, 0.25) is 5.02 Å². The lowest BCUT2D eigenvalue weighted by molar-refractivity contribution is 0.282. The lowest BCUT2D eigenvalue weighted by atomic mass is 10.0. The molecule has 0 amide bonds. The minimum atomic E-state index is 0.0332. The summed E-state index contributed by atoms with van der Waals surface area (Å²) < 4.78 is 0. The monoisotopic (exact) mass is 287 g/mol. The summed E-state index contributed by atoms with van der Waals surface area (Å²) in [6.45, 7) is 2.00. The van der Waals surface area contributed by atoms with Gasteiger partial charge in [0.05, 0.1) is 17.3 Å². The molecule has 0 saturated carbocycles. The summed E-state index contributed by atoms with van der Waals surface area (Å²) in [6, 6.07) is 14.5. The summed E-state index contributed by atoms with van der Waals surface area (Å²) in [5.74, 6) is 0. The molecule has 0 bridgehead atoms. The van der Waals surface area contributed by atoms with Crippen molar-refractivity contribution in [1.82, 2.24) is 0 Å². The fraction of sp³-hybridized carbons (Fsp3) is 0.294. The molecule has 0 saturated heterocycles. The van der Waals surface area contributed by atoms with E-state index in [2.05, 4.69) is 29.2 Å². The standard InChI is InChI=1S/C17H18ClNO/c18-16-11-13(12-20)5-6-17(16)19-9-7-14-3-1-2-4-15(14)8-10-19/h1-6,11,20H,7-10,12H2. The Morgan fingerprint density at radius 1 is 1.00 bits per heavy atom. The number of nitrogens with zero attached hydrogens (tertiary/aromatic N) is 1.